The molecular formula is C17H25ClFN. The first-order valence-corrected chi connectivity index (χ1v) is 8.24. The molecule has 0 spiro atoms. The van der Waals surface area contributed by atoms with Crippen molar-refractivity contribution in [1.29, 1.82) is 0 Å². The fraction of sp³-hybridized carbons (Fsp3) is 0.647. The van der Waals surface area contributed by atoms with Crippen molar-refractivity contribution < 1.29 is 4.39 Å². The first-order valence-electron chi connectivity index (χ1n) is 7.86. The number of likely N-dealkylation sites (N-methyl/N-ethyl adjacent to an activating group) is 1. The second kappa shape index (κ2) is 7.99. The summed E-state index contributed by atoms with van der Waals surface area (Å²) in [6.45, 7) is 3.12. The van der Waals surface area contributed by atoms with Gasteiger partial charge in [-0.2, -0.15) is 0 Å². The molecule has 1 saturated carbocycles. The van der Waals surface area contributed by atoms with Gasteiger partial charge in [0, 0.05) is 6.04 Å². The molecule has 0 aliphatic heterocycles. The molecule has 0 aromatic heterocycles. The number of nitrogens with one attached hydrogen (secondary N) is 1. The molecule has 0 heterocycles. The van der Waals surface area contributed by atoms with Crippen LogP contribution in [-0.2, 0) is 6.42 Å². The minimum Gasteiger partial charge on any atom is -0.314 e. The quantitative estimate of drug-likeness (QED) is 0.749. The molecule has 0 bridgehead atoms. The van der Waals surface area contributed by atoms with Gasteiger partial charge in [-0.25, -0.2) is 4.39 Å². The topological polar surface area (TPSA) is 12.0 Å². The molecule has 1 nitrogen and oxygen atoms in total. The summed E-state index contributed by atoms with van der Waals surface area (Å²) >= 11 is 5.86. The summed E-state index contributed by atoms with van der Waals surface area (Å²) in [6, 6.07) is 5.55. The second-order valence-corrected chi connectivity index (χ2v) is 6.34. The van der Waals surface area contributed by atoms with Crippen molar-refractivity contribution in [2.75, 3.05) is 6.54 Å². The van der Waals surface area contributed by atoms with E-state index in [0.717, 1.165) is 24.4 Å². The lowest BCUT2D eigenvalue weighted by Crippen LogP contribution is -2.31. The maximum absolute atomic E-state index is 13.2. The van der Waals surface area contributed by atoms with Gasteiger partial charge in [-0.3, -0.25) is 0 Å². The lowest BCUT2D eigenvalue weighted by atomic mass is 9.95. The summed E-state index contributed by atoms with van der Waals surface area (Å²) in [5.74, 6) is 0.592. The summed E-state index contributed by atoms with van der Waals surface area (Å²) in [5, 5.41) is 3.78. The SMILES string of the molecule is CCNC(CCC1CCCC1)Cc1ccc(F)c(Cl)c1. The summed E-state index contributed by atoms with van der Waals surface area (Å²) in [5.41, 5.74) is 1.12. The monoisotopic (exact) mass is 297 g/mol. The van der Waals surface area contributed by atoms with Crippen LogP contribution in [0.4, 0.5) is 4.39 Å². The normalized spacial score (nSPS) is 17.6. The molecular weight excluding hydrogens is 273 g/mol. The van der Waals surface area contributed by atoms with Crippen molar-refractivity contribution in [3.05, 3.63) is 34.6 Å². The fourth-order valence-corrected chi connectivity index (χ4v) is 3.46. The zero-order valence-electron chi connectivity index (χ0n) is 12.3. The Labute approximate surface area is 126 Å². The Morgan fingerprint density at radius 2 is 2.10 bits per heavy atom. The zero-order valence-corrected chi connectivity index (χ0v) is 13.1. The van der Waals surface area contributed by atoms with Crippen molar-refractivity contribution >= 4 is 11.6 Å². The molecule has 1 aliphatic rings. The molecule has 20 heavy (non-hydrogen) atoms. The Morgan fingerprint density at radius 1 is 1.35 bits per heavy atom. The van der Waals surface area contributed by atoms with E-state index in [1.54, 1.807) is 6.07 Å². The van der Waals surface area contributed by atoms with Gasteiger partial charge >= 0.3 is 0 Å². The largest absolute Gasteiger partial charge is 0.314 e. The predicted molar refractivity (Wildman–Crippen MR) is 83.8 cm³/mol. The molecule has 0 saturated heterocycles. The minimum atomic E-state index is -0.332. The van der Waals surface area contributed by atoms with Crippen LogP contribution in [0.3, 0.4) is 0 Å². The molecule has 1 fully saturated rings. The van der Waals surface area contributed by atoms with Crippen molar-refractivity contribution in [3.8, 4) is 0 Å². The van der Waals surface area contributed by atoms with Gasteiger partial charge in [0.25, 0.3) is 0 Å². The van der Waals surface area contributed by atoms with Gasteiger partial charge < -0.3 is 5.32 Å². The smallest absolute Gasteiger partial charge is 0.141 e. The van der Waals surface area contributed by atoms with Crippen LogP contribution in [-0.4, -0.2) is 12.6 Å². The van der Waals surface area contributed by atoms with Gasteiger partial charge in [0.05, 0.1) is 5.02 Å². The zero-order chi connectivity index (χ0) is 14.4. The highest BCUT2D eigenvalue weighted by Crippen LogP contribution is 2.29. The molecule has 1 unspecified atom stereocenters. The van der Waals surface area contributed by atoms with Crippen LogP contribution in [0.15, 0.2) is 18.2 Å². The maximum atomic E-state index is 13.2. The van der Waals surface area contributed by atoms with Gasteiger partial charge in [-0.1, -0.05) is 50.3 Å². The van der Waals surface area contributed by atoms with Crippen LogP contribution in [0, 0.1) is 11.7 Å². The van der Waals surface area contributed by atoms with Crippen molar-refractivity contribution in [2.45, 2.75) is 57.9 Å². The van der Waals surface area contributed by atoms with Gasteiger partial charge in [-0.15, -0.1) is 0 Å². The highest BCUT2D eigenvalue weighted by molar-refractivity contribution is 6.30. The number of hydrogen-bond acceptors (Lipinski definition) is 1. The van der Waals surface area contributed by atoms with E-state index in [1.165, 1.54) is 44.6 Å². The van der Waals surface area contributed by atoms with Crippen LogP contribution in [0.25, 0.3) is 0 Å². The lowest BCUT2D eigenvalue weighted by molar-refractivity contribution is 0.407. The lowest BCUT2D eigenvalue weighted by Gasteiger charge is -2.20. The van der Waals surface area contributed by atoms with E-state index in [-0.39, 0.29) is 10.8 Å². The fourth-order valence-electron chi connectivity index (χ4n) is 3.25. The molecule has 1 aliphatic carbocycles. The van der Waals surface area contributed by atoms with Gasteiger partial charge in [0.2, 0.25) is 0 Å². The molecule has 1 N–H and O–H groups in total. The van der Waals surface area contributed by atoms with Crippen LogP contribution in [0.2, 0.25) is 5.02 Å². The number of hydrogen-bond donors (Lipinski definition) is 1. The van der Waals surface area contributed by atoms with E-state index in [4.69, 9.17) is 11.6 Å². The number of benzene rings is 1. The van der Waals surface area contributed by atoms with Crippen LogP contribution < -0.4 is 5.32 Å². The predicted octanol–water partition coefficient (Wildman–Crippen LogP) is 4.97. The summed E-state index contributed by atoms with van der Waals surface area (Å²) < 4.78 is 13.2. The number of rotatable bonds is 7. The van der Waals surface area contributed by atoms with E-state index in [2.05, 4.69) is 12.2 Å². The summed E-state index contributed by atoms with van der Waals surface area (Å²) in [7, 11) is 0. The van der Waals surface area contributed by atoms with E-state index in [1.807, 2.05) is 6.07 Å². The Bertz CT molecular complexity index is 415. The van der Waals surface area contributed by atoms with E-state index in [0.29, 0.717) is 6.04 Å². The Hall–Kier alpha value is -0.600. The first-order chi connectivity index (χ1) is 9.69. The standard InChI is InChI=1S/C17H25ClFN/c1-2-20-15(9-7-13-5-3-4-6-13)11-14-8-10-17(19)16(18)12-14/h8,10,12-13,15,20H,2-7,9,11H2,1H3. The molecule has 2 rings (SSSR count). The average molecular weight is 298 g/mol. The van der Waals surface area contributed by atoms with E-state index >= 15 is 0 Å². The van der Waals surface area contributed by atoms with Crippen LogP contribution in [0.1, 0.15) is 51.0 Å². The van der Waals surface area contributed by atoms with Gasteiger partial charge in [0.1, 0.15) is 5.82 Å². The van der Waals surface area contributed by atoms with E-state index in [9.17, 15) is 4.39 Å². The van der Waals surface area contributed by atoms with Gasteiger partial charge in [0.15, 0.2) is 0 Å². The molecule has 1 aromatic rings. The van der Waals surface area contributed by atoms with Crippen LogP contribution in [0.5, 0.6) is 0 Å². The first kappa shape index (κ1) is 15.8. The van der Waals surface area contributed by atoms with Gasteiger partial charge in [-0.05, 0) is 49.4 Å². The summed E-state index contributed by atoms with van der Waals surface area (Å²) in [6.07, 6.45) is 9.07. The second-order valence-electron chi connectivity index (χ2n) is 5.94. The average Bonchev–Trinajstić information content (AvgIpc) is 2.94. The van der Waals surface area contributed by atoms with E-state index < -0.39 is 0 Å². The molecule has 0 radical (unpaired) electrons. The summed E-state index contributed by atoms with van der Waals surface area (Å²) in [4.78, 5) is 0. The molecule has 0 amide bonds. The molecule has 112 valence electrons. The third-order valence-corrected chi connectivity index (χ3v) is 4.65. The minimum absolute atomic E-state index is 0.230. The maximum Gasteiger partial charge on any atom is 0.141 e. The molecule has 3 heteroatoms. The third-order valence-electron chi connectivity index (χ3n) is 4.36. The third kappa shape index (κ3) is 4.75. The van der Waals surface area contributed by atoms with Crippen molar-refractivity contribution in [2.24, 2.45) is 5.92 Å². The Morgan fingerprint density at radius 3 is 2.75 bits per heavy atom. The molecule has 1 atom stereocenters. The Balaban J connectivity index is 1.88. The highest BCUT2D eigenvalue weighted by Gasteiger charge is 2.17. The van der Waals surface area contributed by atoms with Crippen molar-refractivity contribution in [3.63, 3.8) is 0 Å². The number of halogens is 2. The highest BCUT2D eigenvalue weighted by atomic mass is 35.5. The van der Waals surface area contributed by atoms with Crippen molar-refractivity contribution in [1.82, 2.24) is 5.32 Å². The Kier molecular flexibility index (Phi) is 6.31. The molecule has 1 aromatic carbocycles. The van der Waals surface area contributed by atoms with Crippen LogP contribution >= 0.6 is 11.6 Å².